The highest BCUT2D eigenvalue weighted by molar-refractivity contribution is 5.34. The molecule has 1 fully saturated rings. The minimum atomic E-state index is 0.00639. The fourth-order valence-electron chi connectivity index (χ4n) is 2.43. The highest BCUT2D eigenvalue weighted by Gasteiger charge is 2.25. The number of piperidine rings is 1. The van der Waals surface area contributed by atoms with Crippen molar-refractivity contribution in [3.05, 3.63) is 0 Å². The van der Waals surface area contributed by atoms with Crippen molar-refractivity contribution in [2.24, 2.45) is 5.92 Å². The van der Waals surface area contributed by atoms with Gasteiger partial charge in [-0.3, -0.25) is 0 Å². The van der Waals surface area contributed by atoms with Gasteiger partial charge in [-0.2, -0.15) is 15.0 Å². The molecule has 1 aliphatic heterocycles. The van der Waals surface area contributed by atoms with E-state index in [1.165, 1.54) is 0 Å². The maximum Gasteiger partial charge on any atom is 0.323 e. The Kier molecular flexibility index (Phi) is 4.59. The smallest absolute Gasteiger partial charge is 0.323 e. The molecule has 0 amide bonds. The zero-order valence-corrected chi connectivity index (χ0v) is 12.6. The van der Waals surface area contributed by atoms with E-state index in [0.29, 0.717) is 17.9 Å². The number of hydrogen-bond donors (Lipinski definition) is 2. The Morgan fingerprint density at radius 3 is 2.75 bits per heavy atom. The molecule has 0 spiro atoms. The van der Waals surface area contributed by atoms with Gasteiger partial charge in [0.15, 0.2) is 0 Å². The monoisotopic (exact) mass is 280 g/mol. The Bertz CT molecular complexity index is 452. The van der Waals surface area contributed by atoms with Crippen molar-refractivity contribution >= 4 is 11.9 Å². The second-order valence-corrected chi connectivity index (χ2v) is 5.75. The van der Waals surface area contributed by atoms with Crippen molar-refractivity contribution in [3.8, 4) is 6.01 Å². The standard InChI is InChI=1S/C13H24N6O/c1-8(2)20-13-17-11(14)16-12(18-13)15-10-5-6-19(4)7-9(10)3/h8-10H,5-7H2,1-4H3,(H3,14,15,16,17,18). The van der Waals surface area contributed by atoms with Crippen molar-refractivity contribution in [2.45, 2.75) is 39.3 Å². The molecule has 0 aliphatic carbocycles. The van der Waals surface area contributed by atoms with Crippen LogP contribution in [0.4, 0.5) is 11.9 Å². The van der Waals surface area contributed by atoms with Crippen molar-refractivity contribution in [1.29, 1.82) is 0 Å². The molecule has 2 atom stereocenters. The normalized spacial score (nSPS) is 23.9. The van der Waals surface area contributed by atoms with Gasteiger partial charge in [-0.25, -0.2) is 0 Å². The molecule has 7 heteroatoms. The van der Waals surface area contributed by atoms with E-state index in [-0.39, 0.29) is 18.1 Å². The number of nitrogens with zero attached hydrogens (tertiary/aromatic N) is 4. The Morgan fingerprint density at radius 1 is 1.35 bits per heavy atom. The van der Waals surface area contributed by atoms with E-state index in [9.17, 15) is 0 Å². The van der Waals surface area contributed by atoms with Crippen LogP contribution in [0.2, 0.25) is 0 Å². The first-order chi connectivity index (χ1) is 9.44. The largest absolute Gasteiger partial charge is 0.461 e. The second kappa shape index (κ2) is 6.21. The Morgan fingerprint density at radius 2 is 2.10 bits per heavy atom. The van der Waals surface area contributed by atoms with Crippen LogP contribution in [0.1, 0.15) is 27.2 Å². The Balaban J connectivity index is 2.07. The van der Waals surface area contributed by atoms with E-state index in [1.54, 1.807) is 0 Å². The number of nitrogen functional groups attached to an aromatic ring is 1. The van der Waals surface area contributed by atoms with Gasteiger partial charge in [-0.1, -0.05) is 6.92 Å². The first kappa shape index (κ1) is 14.8. The lowest BCUT2D eigenvalue weighted by Gasteiger charge is -2.35. The summed E-state index contributed by atoms with van der Waals surface area (Å²) < 4.78 is 5.48. The number of rotatable bonds is 4. The molecule has 0 radical (unpaired) electrons. The lowest BCUT2D eigenvalue weighted by atomic mass is 9.94. The van der Waals surface area contributed by atoms with Crippen LogP contribution >= 0.6 is 0 Å². The van der Waals surface area contributed by atoms with Crippen molar-refractivity contribution in [2.75, 3.05) is 31.2 Å². The molecule has 1 aliphatic rings. The third-order valence-electron chi connectivity index (χ3n) is 3.40. The maximum atomic E-state index is 5.71. The highest BCUT2D eigenvalue weighted by Crippen LogP contribution is 2.20. The molecular formula is C13H24N6O. The Hall–Kier alpha value is -1.63. The van der Waals surface area contributed by atoms with Gasteiger partial charge in [0.05, 0.1) is 6.10 Å². The third kappa shape index (κ3) is 3.93. The summed E-state index contributed by atoms with van der Waals surface area (Å²) >= 11 is 0. The number of anilines is 2. The SMILES string of the molecule is CC(C)Oc1nc(N)nc(NC2CCN(C)CC2C)n1. The summed E-state index contributed by atoms with van der Waals surface area (Å²) in [5, 5.41) is 3.36. The predicted molar refractivity (Wildman–Crippen MR) is 78.7 cm³/mol. The lowest BCUT2D eigenvalue weighted by molar-refractivity contribution is 0.205. The average molecular weight is 280 g/mol. The summed E-state index contributed by atoms with van der Waals surface area (Å²) in [6.45, 7) is 8.20. The van der Waals surface area contributed by atoms with Gasteiger partial charge in [-0.15, -0.1) is 0 Å². The number of nitrogens with two attached hydrogens (primary N) is 1. The van der Waals surface area contributed by atoms with E-state index < -0.39 is 0 Å². The first-order valence-electron chi connectivity index (χ1n) is 7.07. The molecule has 0 bridgehead atoms. The van der Waals surface area contributed by atoms with Gasteiger partial charge in [0, 0.05) is 12.6 Å². The summed E-state index contributed by atoms with van der Waals surface area (Å²) in [5.74, 6) is 1.20. The van der Waals surface area contributed by atoms with Gasteiger partial charge < -0.3 is 20.7 Å². The van der Waals surface area contributed by atoms with Crippen LogP contribution in [0.5, 0.6) is 6.01 Å². The van der Waals surface area contributed by atoms with Gasteiger partial charge in [0.1, 0.15) is 0 Å². The quantitative estimate of drug-likeness (QED) is 0.850. The number of hydrogen-bond acceptors (Lipinski definition) is 7. The molecule has 1 saturated heterocycles. The molecule has 1 aromatic rings. The highest BCUT2D eigenvalue weighted by atomic mass is 16.5. The van der Waals surface area contributed by atoms with Gasteiger partial charge in [0.25, 0.3) is 0 Å². The summed E-state index contributed by atoms with van der Waals surface area (Å²) in [6.07, 6.45) is 1.07. The number of ether oxygens (including phenoxy) is 1. The summed E-state index contributed by atoms with van der Waals surface area (Å²) in [7, 11) is 2.14. The predicted octanol–water partition coefficient (Wildman–Crippen LogP) is 0.993. The molecule has 20 heavy (non-hydrogen) atoms. The molecular weight excluding hydrogens is 256 g/mol. The molecule has 0 aromatic carbocycles. The van der Waals surface area contributed by atoms with Crippen LogP contribution in [0.25, 0.3) is 0 Å². The van der Waals surface area contributed by atoms with Crippen molar-refractivity contribution < 1.29 is 4.74 Å². The molecule has 2 rings (SSSR count). The zero-order chi connectivity index (χ0) is 14.7. The second-order valence-electron chi connectivity index (χ2n) is 5.75. The minimum Gasteiger partial charge on any atom is -0.461 e. The van der Waals surface area contributed by atoms with Crippen LogP contribution in [0.15, 0.2) is 0 Å². The van der Waals surface area contributed by atoms with Crippen molar-refractivity contribution in [3.63, 3.8) is 0 Å². The van der Waals surface area contributed by atoms with Crippen LogP contribution in [-0.4, -0.2) is 52.1 Å². The van der Waals surface area contributed by atoms with Crippen LogP contribution in [0.3, 0.4) is 0 Å². The fourth-order valence-corrected chi connectivity index (χ4v) is 2.43. The van der Waals surface area contributed by atoms with E-state index in [2.05, 4.69) is 39.1 Å². The molecule has 112 valence electrons. The third-order valence-corrected chi connectivity index (χ3v) is 3.40. The number of nitrogens with one attached hydrogen (secondary N) is 1. The van der Waals surface area contributed by atoms with Crippen molar-refractivity contribution in [1.82, 2.24) is 19.9 Å². The van der Waals surface area contributed by atoms with Gasteiger partial charge >= 0.3 is 6.01 Å². The average Bonchev–Trinajstić information content (AvgIpc) is 2.31. The van der Waals surface area contributed by atoms with Gasteiger partial charge in [0.2, 0.25) is 11.9 Å². The van der Waals surface area contributed by atoms with Crippen LogP contribution in [0, 0.1) is 5.92 Å². The van der Waals surface area contributed by atoms with Crippen LogP contribution in [-0.2, 0) is 0 Å². The molecule has 3 N–H and O–H groups in total. The molecule has 2 heterocycles. The molecule has 0 saturated carbocycles. The van der Waals surface area contributed by atoms with E-state index in [1.807, 2.05) is 13.8 Å². The maximum absolute atomic E-state index is 5.71. The zero-order valence-electron chi connectivity index (χ0n) is 12.6. The first-order valence-corrected chi connectivity index (χ1v) is 7.07. The number of likely N-dealkylation sites (tertiary alicyclic amines) is 1. The van der Waals surface area contributed by atoms with Gasteiger partial charge in [-0.05, 0) is 39.8 Å². The minimum absolute atomic E-state index is 0.00639. The fraction of sp³-hybridized carbons (Fsp3) is 0.769. The summed E-state index contributed by atoms with van der Waals surface area (Å²) in [5.41, 5.74) is 5.71. The summed E-state index contributed by atoms with van der Waals surface area (Å²) in [6, 6.07) is 0.621. The Labute approximate surface area is 119 Å². The van der Waals surface area contributed by atoms with E-state index >= 15 is 0 Å². The van der Waals surface area contributed by atoms with Crippen LogP contribution < -0.4 is 15.8 Å². The molecule has 7 nitrogen and oxygen atoms in total. The topological polar surface area (TPSA) is 89.2 Å². The molecule has 1 aromatic heterocycles. The lowest BCUT2D eigenvalue weighted by Crippen LogP contribution is -2.43. The number of aromatic nitrogens is 3. The van der Waals surface area contributed by atoms with E-state index in [0.717, 1.165) is 19.5 Å². The summed E-state index contributed by atoms with van der Waals surface area (Å²) in [4.78, 5) is 14.7. The molecule has 2 unspecified atom stereocenters. The van der Waals surface area contributed by atoms with E-state index in [4.69, 9.17) is 10.5 Å².